The van der Waals surface area contributed by atoms with Crippen molar-refractivity contribution in [2.75, 3.05) is 44.6 Å². The lowest BCUT2D eigenvalue weighted by atomic mass is 10.2. The van der Waals surface area contributed by atoms with E-state index in [0.717, 1.165) is 51.3 Å². The second-order valence-electron chi connectivity index (χ2n) is 5.06. The van der Waals surface area contributed by atoms with Gasteiger partial charge in [-0.25, -0.2) is 4.39 Å². The fourth-order valence-corrected chi connectivity index (χ4v) is 2.30. The van der Waals surface area contributed by atoms with Crippen molar-refractivity contribution in [3.05, 3.63) is 29.6 Å². The van der Waals surface area contributed by atoms with E-state index in [1.807, 2.05) is 0 Å². The third-order valence-corrected chi connectivity index (χ3v) is 3.47. The molecule has 0 radical (unpaired) electrons. The summed E-state index contributed by atoms with van der Waals surface area (Å²) in [4.78, 5) is 2.31. The van der Waals surface area contributed by atoms with Crippen LogP contribution in [0.5, 0.6) is 0 Å². The highest BCUT2D eigenvalue weighted by molar-refractivity contribution is 5.46. The summed E-state index contributed by atoms with van der Waals surface area (Å²) in [6.07, 6.45) is -3.69. The van der Waals surface area contributed by atoms with Crippen LogP contribution >= 0.6 is 0 Å². The smallest absolute Gasteiger partial charge is 0.383 e. The van der Waals surface area contributed by atoms with Gasteiger partial charge in [0.05, 0.1) is 11.3 Å². The van der Waals surface area contributed by atoms with Crippen molar-refractivity contribution in [3.63, 3.8) is 0 Å². The number of nitrogens with zero attached hydrogens (tertiary/aromatic N) is 1. The Morgan fingerprint density at radius 3 is 2.52 bits per heavy atom. The summed E-state index contributed by atoms with van der Waals surface area (Å²) in [7, 11) is 0. The number of hydrogen-bond acceptors (Lipinski definition) is 3. The van der Waals surface area contributed by atoms with E-state index in [1.54, 1.807) is 0 Å². The van der Waals surface area contributed by atoms with E-state index >= 15 is 0 Å². The summed E-state index contributed by atoms with van der Waals surface area (Å²) in [6.45, 7) is 5.37. The molecule has 1 fully saturated rings. The molecule has 0 bridgehead atoms. The first-order valence-electron chi connectivity index (χ1n) is 7.00. The topological polar surface area (TPSA) is 27.3 Å². The summed E-state index contributed by atoms with van der Waals surface area (Å²) in [6, 6.07) is 2.56. The number of hydrogen-bond donors (Lipinski definition) is 2. The molecule has 0 unspecified atom stereocenters. The zero-order chi connectivity index (χ0) is 15.3. The number of rotatable bonds is 5. The minimum Gasteiger partial charge on any atom is -0.383 e. The molecule has 0 aliphatic carbocycles. The highest BCUT2D eigenvalue weighted by atomic mass is 19.4. The Kier molecular flexibility index (Phi) is 5.41. The van der Waals surface area contributed by atoms with Crippen molar-refractivity contribution in [2.24, 2.45) is 0 Å². The summed E-state index contributed by atoms with van der Waals surface area (Å²) < 4.78 is 50.8. The molecule has 0 atom stereocenters. The molecule has 2 N–H and O–H groups in total. The summed E-state index contributed by atoms with van der Waals surface area (Å²) in [5, 5.41) is 6.10. The van der Waals surface area contributed by atoms with Crippen LogP contribution in [-0.4, -0.2) is 44.2 Å². The van der Waals surface area contributed by atoms with Gasteiger partial charge in [0.1, 0.15) is 5.82 Å². The van der Waals surface area contributed by atoms with Crippen molar-refractivity contribution < 1.29 is 17.6 Å². The van der Waals surface area contributed by atoms with Gasteiger partial charge in [0.25, 0.3) is 0 Å². The zero-order valence-corrected chi connectivity index (χ0v) is 11.6. The highest BCUT2D eigenvalue weighted by Crippen LogP contribution is 2.31. The lowest BCUT2D eigenvalue weighted by molar-refractivity contribution is -0.137. The maximum atomic E-state index is 13.6. The molecule has 0 saturated carbocycles. The first-order valence-corrected chi connectivity index (χ1v) is 7.00. The second-order valence-corrected chi connectivity index (χ2v) is 5.06. The molecule has 118 valence electrons. The summed E-state index contributed by atoms with van der Waals surface area (Å²) >= 11 is 0. The van der Waals surface area contributed by atoms with Crippen molar-refractivity contribution in [2.45, 2.75) is 12.6 Å². The molecule has 1 heterocycles. The van der Waals surface area contributed by atoms with Gasteiger partial charge < -0.3 is 15.5 Å². The fourth-order valence-electron chi connectivity index (χ4n) is 2.30. The van der Waals surface area contributed by atoms with Gasteiger partial charge in [-0.15, -0.1) is 0 Å². The van der Waals surface area contributed by atoms with Gasteiger partial charge in [-0.05, 0) is 31.2 Å². The predicted octanol–water partition coefficient (Wildman–Crippen LogP) is 2.55. The monoisotopic (exact) mass is 305 g/mol. The van der Waals surface area contributed by atoms with Gasteiger partial charge >= 0.3 is 6.18 Å². The van der Waals surface area contributed by atoms with E-state index in [2.05, 4.69) is 15.5 Å². The molecule has 0 spiro atoms. The minimum atomic E-state index is -4.51. The van der Waals surface area contributed by atoms with Gasteiger partial charge in [0, 0.05) is 32.7 Å². The molecular formula is C14H19F4N3. The van der Waals surface area contributed by atoms with Crippen molar-refractivity contribution >= 4 is 5.69 Å². The van der Waals surface area contributed by atoms with E-state index in [-0.39, 0.29) is 5.69 Å². The third kappa shape index (κ3) is 4.86. The Labute approximate surface area is 121 Å². The Balaban J connectivity index is 1.78. The van der Waals surface area contributed by atoms with E-state index in [9.17, 15) is 17.6 Å². The molecule has 3 nitrogen and oxygen atoms in total. The van der Waals surface area contributed by atoms with E-state index in [4.69, 9.17) is 0 Å². The van der Waals surface area contributed by atoms with Crippen LogP contribution in [0, 0.1) is 5.82 Å². The zero-order valence-electron chi connectivity index (χ0n) is 11.6. The Morgan fingerprint density at radius 2 is 1.90 bits per heavy atom. The molecule has 1 aliphatic rings. The number of benzene rings is 1. The van der Waals surface area contributed by atoms with Crippen LogP contribution in [0.15, 0.2) is 18.2 Å². The van der Waals surface area contributed by atoms with Gasteiger partial charge in [-0.2, -0.15) is 13.2 Å². The largest absolute Gasteiger partial charge is 0.416 e. The third-order valence-electron chi connectivity index (χ3n) is 3.47. The maximum Gasteiger partial charge on any atom is 0.416 e. The molecule has 0 aromatic heterocycles. The van der Waals surface area contributed by atoms with Gasteiger partial charge in [-0.3, -0.25) is 0 Å². The van der Waals surface area contributed by atoms with Crippen molar-refractivity contribution in [3.8, 4) is 0 Å². The number of anilines is 1. The first-order chi connectivity index (χ1) is 9.97. The second kappa shape index (κ2) is 7.09. The molecule has 1 saturated heterocycles. The predicted molar refractivity (Wildman–Crippen MR) is 73.8 cm³/mol. The van der Waals surface area contributed by atoms with Crippen molar-refractivity contribution in [1.82, 2.24) is 10.2 Å². The van der Waals surface area contributed by atoms with Gasteiger partial charge in [0.2, 0.25) is 0 Å². The molecular weight excluding hydrogens is 286 g/mol. The Morgan fingerprint density at radius 1 is 1.19 bits per heavy atom. The van der Waals surface area contributed by atoms with E-state index < -0.39 is 17.6 Å². The molecule has 1 aromatic carbocycles. The fraction of sp³-hybridized carbons (Fsp3) is 0.571. The minimum absolute atomic E-state index is 0.114. The quantitative estimate of drug-likeness (QED) is 0.647. The molecule has 2 rings (SSSR count). The van der Waals surface area contributed by atoms with Crippen LogP contribution in [0.2, 0.25) is 0 Å². The van der Waals surface area contributed by atoms with Crippen LogP contribution in [-0.2, 0) is 6.18 Å². The van der Waals surface area contributed by atoms with Crippen LogP contribution in [0.25, 0.3) is 0 Å². The molecule has 21 heavy (non-hydrogen) atoms. The first kappa shape index (κ1) is 16.0. The number of alkyl halides is 3. The average molecular weight is 305 g/mol. The Bertz CT molecular complexity index is 456. The maximum absolute atomic E-state index is 13.6. The molecule has 1 aliphatic heterocycles. The van der Waals surface area contributed by atoms with Gasteiger partial charge in [0.15, 0.2) is 0 Å². The number of piperazine rings is 1. The molecule has 0 amide bonds. The van der Waals surface area contributed by atoms with Crippen LogP contribution in [0.3, 0.4) is 0 Å². The summed E-state index contributed by atoms with van der Waals surface area (Å²) in [5.41, 5.74) is -0.852. The number of nitrogens with one attached hydrogen (secondary N) is 2. The normalized spacial score (nSPS) is 17.0. The van der Waals surface area contributed by atoms with Crippen LogP contribution in [0.1, 0.15) is 12.0 Å². The van der Waals surface area contributed by atoms with E-state index in [1.165, 1.54) is 0 Å². The molecule has 1 aromatic rings. The van der Waals surface area contributed by atoms with Crippen molar-refractivity contribution in [1.29, 1.82) is 0 Å². The van der Waals surface area contributed by atoms with Crippen LogP contribution < -0.4 is 10.6 Å². The lowest BCUT2D eigenvalue weighted by Crippen LogP contribution is -2.44. The van der Waals surface area contributed by atoms with Crippen LogP contribution in [0.4, 0.5) is 23.2 Å². The lowest BCUT2D eigenvalue weighted by Gasteiger charge is -2.27. The van der Waals surface area contributed by atoms with Gasteiger partial charge in [-0.1, -0.05) is 0 Å². The SMILES string of the molecule is Fc1cc(C(F)(F)F)ccc1NCCCN1CCNCC1. The average Bonchev–Trinajstić information content (AvgIpc) is 2.45. The standard InChI is InChI=1S/C14H19F4N3/c15-12-10-11(14(16,17)18)2-3-13(12)20-4-1-7-21-8-5-19-6-9-21/h2-3,10,19-20H,1,4-9H2. The van der Waals surface area contributed by atoms with E-state index in [0.29, 0.717) is 12.6 Å². The summed E-state index contributed by atoms with van der Waals surface area (Å²) in [5.74, 6) is -0.869. The highest BCUT2D eigenvalue weighted by Gasteiger charge is 2.31. The molecule has 7 heteroatoms. The number of halogens is 4. The Hall–Kier alpha value is -1.34.